The summed E-state index contributed by atoms with van der Waals surface area (Å²) in [7, 11) is 1.37. The number of anilines is 1. The lowest BCUT2D eigenvalue weighted by atomic mass is 9.63. The lowest BCUT2D eigenvalue weighted by molar-refractivity contribution is -0.275. The summed E-state index contributed by atoms with van der Waals surface area (Å²) in [6.07, 6.45) is -4.09. The Morgan fingerprint density at radius 2 is 1.94 bits per heavy atom. The maximum atomic E-state index is 14.4. The van der Waals surface area contributed by atoms with E-state index in [4.69, 9.17) is 16.3 Å². The number of aliphatic hydroxyl groups is 1. The van der Waals surface area contributed by atoms with Crippen LogP contribution < -0.4 is 15.6 Å². The molecule has 2 atom stereocenters. The summed E-state index contributed by atoms with van der Waals surface area (Å²) in [5.41, 5.74) is -3.39. The SMILES string of the molecule is COc1cc2c(cc1Cl)C(C)(C)CC(O)(C(F)(F)F)C2Nc1cccc2c(=O)[nH]ccc12. The molecule has 2 aromatic carbocycles. The van der Waals surface area contributed by atoms with Crippen molar-refractivity contribution in [3.8, 4) is 5.75 Å². The van der Waals surface area contributed by atoms with Gasteiger partial charge in [-0.3, -0.25) is 4.79 Å². The minimum absolute atomic E-state index is 0.203. The minimum Gasteiger partial charge on any atom is -0.495 e. The summed E-state index contributed by atoms with van der Waals surface area (Å²) >= 11 is 6.28. The number of pyridine rings is 1. The number of hydrogen-bond donors (Lipinski definition) is 3. The van der Waals surface area contributed by atoms with Crippen molar-refractivity contribution in [2.24, 2.45) is 0 Å². The average molecular weight is 467 g/mol. The van der Waals surface area contributed by atoms with Crippen molar-refractivity contribution in [1.82, 2.24) is 4.98 Å². The normalized spacial score (nSPS) is 22.4. The van der Waals surface area contributed by atoms with E-state index < -0.39 is 29.7 Å². The van der Waals surface area contributed by atoms with Gasteiger partial charge in [0.2, 0.25) is 0 Å². The number of fused-ring (bicyclic) bond motifs is 2. The van der Waals surface area contributed by atoms with Crippen LogP contribution >= 0.6 is 11.6 Å². The van der Waals surface area contributed by atoms with Crippen molar-refractivity contribution >= 4 is 28.1 Å². The van der Waals surface area contributed by atoms with Gasteiger partial charge in [0.15, 0.2) is 5.60 Å². The van der Waals surface area contributed by atoms with Gasteiger partial charge in [0.25, 0.3) is 5.56 Å². The number of nitrogens with one attached hydrogen (secondary N) is 2. The lowest BCUT2D eigenvalue weighted by Crippen LogP contribution is -2.58. The number of rotatable bonds is 3. The predicted octanol–water partition coefficient (Wildman–Crippen LogP) is 5.32. The molecule has 3 N–H and O–H groups in total. The number of methoxy groups -OCH3 is 1. The number of hydrogen-bond acceptors (Lipinski definition) is 4. The largest absolute Gasteiger partial charge is 0.495 e. The van der Waals surface area contributed by atoms with Crippen LogP contribution in [-0.2, 0) is 5.41 Å². The van der Waals surface area contributed by atoms with Crippen LogP contribution in [0.3, 0.4) is 0 Å². The Labute approximate surface area is 187 Å². The highest BCUT2D eigenvalue weighted by Crippen LogP contribution is 2.55. The molecular weight excluding hydrogens is 445 g/mol. The molecule has 0 spiro atoms. The summed E-state index contributed by atoms with van der Waals surface area (Å²) in [5.74, 6) is 0.203. The maximum Gasteiger partial charge on any atom is 0.419 e. The molecule has 0 aliphatic heterocycles. The molecule has 170 valence electrons. The van der Waals surface area contributed by atoms with Crippen LogP contribution in [0.25, 0.3) is 10.8 Å². The molecule has 32 heavy (non-hydrogen) atoms. The maximum absolute atomic E-state index is 14.4. The molecule has 0 bridgehead atoms. The average Bonchev–Trinajstić information content (AvgIpc) is 2.70. The van der Waals surface area contributed by atoms with Crippen LogP contribution in [0.15, 0.2) is 47.4 Å². The van der Waals surface area contributed by atoms with Crippen molar-refractivity contribution in [3.05, 3.63) is 69.1 Å². The molecule has 0 radical (unpaired) electrons. The van der Waals surface area contributed by atoms with Gasteiger partial charge in [-0.05, 0) is 53.3 Å². The second-order valence-corrected chi connectivity index (χ2v) is 9.11. The zero-order valence-electron chi connectivity index (χ0n) is 17.6. The van der Waals surface area contributed by atoms with Gasteiger partial charge in [-0.15, -0.1) is 0 Å². The Balaban J connectivity index is 1.98. The molecule has 0 amide bonds. The van der Waals surface area contributed by atoms with Gasteiger partial charge in [0, 0.05) is 22.7 Å². The van der Waals surface area contributed by atoms with E-state index >= 15 is 0 Å². The third-order valence-electron chi connectivity index (χ3n) is 6.16. The quantitative estimate of drug-likeness (QED) is 0.488. The van der Waals surface area contributed by atoms with Crippen LogP contribution in [-0.4, -0.2) is 29.0 Å². The van der Waals surface area contributed by atoms with E-state index in [1.54, 1.807) is 44.2 Å². The number of H-pyrrole nitrogens is 1. The van der Waals surface area contributed by atoms with E-state index in [1.807, 2.05) is 0 Å². The van der Waals surface area contributed by atoms with Crippen molar-refractivity contribution < 1.29 is 23.0 Å². The van der Waals surface area contributed by atoms with Gasteiger partial charge >= 0.3 is 6.18 Å². The Hall–Kier alpha value is -2.71. The molecule has 0 fully saturated rings. The van der Waals surface area contributed by atoms with Gasteiger partial charge < -0.3 is 20.1 Å². The fraction of sp³-hybridized carbons (Fsp3) is 0.348. The first-order chi connectivity index (χ1) is 14.9. The molecule has 2 unspecified atom stereocenters. The zero-order valence-corrected chi connectivity index (χ0v) is 18.4. The highest BCUT2D eigenvalue weighted by atomic mass is 35.5. The van der Waals surface area contributed by atoms with Crippen LogP contribution in [0.1, 0.15) is 37.4 Å². The second-order valence-electron chi connectivity index (χ2n) is 8.71. The van der Waals surface area contributed by atoms with Crippen LogP contribution in [0.5, 0.6) is 5.75 Å². The highest BCUT2D eigenvalue weighted by Gasteiger charge is 2.64. The summed E-state index contributed by atoms with van der Waals surface area (Å²) < 4.78 is 48.3. The smallest absolute Gasteiger partial charge is 0.419 e. The summed E-state index contributed by atoms with van der Waals surface area (Å²) in [6.45, 7) is 3.28. The topological polar surface area (TPSA) is 74.3 Å². The van der Waals surface area contributed by atoms with Crippen molar-refractivity contribution in [1.29, 1.82) is 0 Å². The van der Waals surface area contributed by atoms with Crippen molar-refractivity contribution in [3.63, 3.8) is 0 Å². The fourth-order valence-electron chi connectivity index (χ4n) is 4.64. The third-order valence-corrected chi connectivity index (χ3v) is 6.45. The molecule has 0 saturated carbocycles. The first-order valence-corrected chi connectivity index (χ1v) is 10.3. The predicted molar refractivity (Wildman–Crippen MR) is 118 cm³/mol. The van der Waals surface area contributed by atoms with Gasteiger partial charge in [0.1, 0.15) is 5.75 Å². The lowest BCUT2D eigenvalue weighted by Gasteiger charge is -2.49. The van der Waals surface area contributed by atoms with E-state index in [1.165, 1.54) is 19.4 Å². The first kappa shape index (κ1) is 22.5. The molecule has 5 nitrogen and oxygen atoms in total. The van der Waals surface area contributed by atoms with Crippen molar-refractivity contribution in [2.45, 2.75) is 43.5 Å². The van der Waals surface area contributed by atoms with Gasteiger partial charge in [0.05, 0.1) is 18.2 Å². The standard InChI is InChI=1S/C23H22ClF3N2O3/c1-21(2)11-22(31,23(25,26)27)19(14-9-18(32-3)16(24)10-15(14)21)29-17-6-4-5-13-12(17)7-8-28-20(13)30/h4-10,19,29,31H,11H2,1-3H3,(H,28,30). The third kappa shape index (κ3) is 3.42. The fourth-order valence-corrected chi connectivity index (χ4v) is 4.88. The number of ether oxygens (including phenoxy) is 1. The van der Waals surface area contributed by atoms with Gasteiger partial charge in [-0.25, -0.2) is 0 Å². The molecule has 1 aromatic heterocycles. The number of aromatic nitrogens is 1. The Morgan fingerprint density at radius 3 is 2.59 bits per heavy atom. The summed E-state index contributed by atoms with van der Waals surface area (Å²) in [6, 6.07) is 7.78. The summed E-state index contributed by atoms with van der Waals surface area (Å²) in [5, 5.41) is 15.1. The molecule has 4 rings (SSSR count). The number of alkyl halides is 3. The van der Waals surface area contributed by atoms with Crippen LogP contribution in [0.2, 0.25) is 5.02 Å². The van der Waals surface area contributed by atoms with E-state index in [0.29, 0.717) is 22.0 Å². The Kier molecular flexibility index (Phi) is 5.21. The van der Waals surface area contributed by atoms with E-state index in [-0.39, 0.29) is 21.9 Å². The number of aromatic amines is 1. The van der Waals surface area contributed by atoms with Crippen LogP contribution in [0, 0.1) is 0 Å². The molecule has 1 heterocycles. The summed E-state index contributed by atoms with van der Waals surface area (Å²) in [4.78, 5) is 14.7. The molecule has 1 aliphatic carbocycles. The first-order valence-electron chi connectivity index (χ1n) is 9.93. The highest BCUT2D eigenvalue weighted by molar-refractivity contribution is 6.32. The Morgan fingerprint density at radius 1 is 1.22 bits per heavy atom. The zero-order chi connectivity index (χ0) is 23.5. The number of benzene rings is 2. The molecule has 0 saturated heterocycles. The van der Waals surface area contributed by atoms with Crippen LogP contribution in [0.4, 0.5) is 18.9 Å². The molecule has 1 aliphatic rings. The van der Waals surface area contributed by atoms with E-state index in [9.17, 15) is 23.1 Å². The van der Waals surface area contributed by atoms with Gasteiger partial charge in [-0.2, -0.15) is 13.2 Å². The molecule has 3 aromatic rings. The molecule has 9 heteroatoms. The van der Waals surface area contributed by atoms with Gasteiger partial charge in [-0.1, -0.05) is 31.5 Å². The Bertz CT molecular complexity index is 1260. The second kappa shape index (κ2) is 7.42. The van der Waals surface area contributed by atoms with E-state index in [0.717, 1.165) is 0 Å². The monoisotopic (exact) mass is 466 g/mol. The minimum atomic E-state index is -4.94. The number of halogens is 4. The van der Waals surface area contributed by atoms with Crippen molar-refractivity contribution in [2.75, 3.05) is 12.4 Å². The molecular formula is C23H22ClF3N2O3. The van der Waals surface area contributed by atoms with E-state index in [2.05, 4.69) is 10.3 Å².